The Balaban J connectivity index is 2.69. The highest BCUT2D eigenvalue weighted by atomic mass is 35.5. The largest absolute Gasteiger partial charge is 0.368 e. The second-order valence-electron chi connectivity index (χ2n) is 2.61. The summed E-state index contributed by atoms with van der Waals surface area (Å²) in [6.07, 6.45) is 0. The van der Waals surface area contributed by atoms with E-state index in [2.05, 4.69) is 10.3 Å². The van der Waals surface area contributed by atoms with Crippen molar-refractivity contribution in [3.8, 4) is 0 Å². The van der Waals surface area contributed by atoms with Crippen LogP contribution in [0.15, 0.2) is 18.2 Å². The molecule has 1 heterocycles. The van der Waals surface area contributed by atoms with E-state index in [0.29, 0.717) is 11.0 Å². The SMILES string of the molecule is CC(Nc1cccc(Cl)n1)C(N)=O. The number of nitrogens with zero attached hydrogens (tertiary/aromatic N) is 1. The number of nitrogens with one attached hydrogen (secondary N) is 1. The van der Waals surface area contributed by atoms with Crippen molar-refractivity contribution in [2.45, 2.75) is 13.0 Å². The minimum absolute atomic E-state index is 0.377. The van der Waals surface area contributed by atoms with E-state index < -0.39 is 11.9 Å². The number of anilines is 1. The highest BCUT2D eigenvalue weighted by molar-refractivity contribution is 6.29. The maximum Gasteiger partial charge on any atom is 0.239 e. The molecule has 0 saturated carbocycles. The van der Waals surface area contributed by atoms with Crippen molar-refractivity contribution in [2.75, 3.05) is 5.32 Å². The summed E-state index contributed by atoms with van der Waals surface area (Å²) in [6, 6.07) is 4.66. The van der Waals surface area contributed by atoms with E-state index in [-0.39, 0.29) is 0 Å². The van der Waals surface area contributed by atoms with Gasteiger partial charge in [0.1, 0.15) is 17.0 Å². The first-order chi connectivity index (χ1) is 6.09. The van der Waals surface area contributed by atoms with Gasteiger partial charge in [0.05, 0.1) is 0 Å². The molecular formula is C8H10ClN3O. The normalized spacial score (nSPS) is 12.2. The van der Waals surface area contributed by atoms with Gasteiger partial charge in [-0.05, 0) is 19.1 Å². The van der Waals surface area contributed by atoms with Gasteiger partial charge in [0.2, 0.25) is 5.91 Å². The topological polar surface area (TPSA) is 68.0 Å². The number of halogens is 1. The van der Waals surface area contributed by atoms with E-state index >= 15 is 0 Å². The predicted molar refractivity (Wildman–Crippen MR) is 51.5 cm³/mol. The average Bonchev–Trinajstić information content (AvgIpc) is 2.04. The molecule has 5 heteroatoms. The molecule has 70 valence electrons. The second-order valence-corrected chi connectivity index (χ2v) is 3.00. The van der Waals surface area contributed by atoms with E-state index in [0.717, 1.165) is 0 Å². The Kier molecular flexibility index (Phi) is 3.08. The van der Waals surface area contributed by atoms with Gasteiger partial charge in [-0.3, -0.25) is 4.79 Å². The van der Waals surface area contributed by atoms with Crippen molar-refractivity contribution >= 4 is 23.3 Å². The van der Waals surface area contributed by atoms with Gasteiger partial charge in [0.25, 0.3) is 0 Å². The van der Waals surface area contributed by atoms with Crippen LogP contribution in [0.1, 0.15) is 6.92 Å². The van der Waals surface area contributed by atoms with Crippen LogP contribution in [0.5, 0.6) is 0 Å². The van der Waals surface area contributed by atoms with Crippen LogP contribution in [-0.2, 0) is 4.79 Å². The van der Waals surface area contributed by atoms with E-state index in [1.54, 1.807) is 25.1 Å². The summed E-state index contributed by atoms with van der Waals surface area (Å²) in [4.78, 5) is 14.6. The highest BCUT2D eigenvalue weighted by Gasteiger charge is 2.07. The highest BCUT2D eigenvalue weighted by Crippen LogP contribution is 2.09. The molecule has 3 N–H and O–H groups in total. The molecule has 1 aromatic heterocycles. The molecule has 1 rings (SSSR count). The van der Waals surface area contributed by atoms with Gasteiger partial charge in [-0.1, -0.05) is 17.7 Å². The molecule has 1 unspecified atom stereocenters. The van der Waals surface area contributed by atoms with Crippen molar-refractivity contribution in [3.63, 3.8) is 0 Å². The molecule has 1 atom stereocenters. The minimum Gasteiger partial charge on any atom is -0.368 e. The van der Waals surface area contributed by atoms with Gasteiger partial charge in [-0.25, -0.2) is 4.98 Å². The fourth-order valence-corrected chi connectivity index (χ4v) is 0.945. The molecule has 0 radical (unpaired) electrons. The van der Waals surface area contributed by atoms with Crippen LogP contribution < -0.4 is 11.1 Å². The van der Waals surface area contributed by atoms with Gasteiger partial charge in [0.15, 0.2) is 0 Å². The van der Waals surface area contributed by atoms with Crippen molar-refractivity contribution < 1.29 is 4.79 Å². The lowest BCUT2D eigenvalue weighted by atomic mass is 10.3. The maximum absolute atomic E-state index is 10.7. The van der Waals surface area contributed by atoms with Gasteiger partial charge in [-0.2, -0.15) is 0 Å². The second kappa shape index (κ2) is 4.09. The number of pyridine rings is 1. The zero-order chi connectivity index (χ0) is 9.84. The summed E-state index contributed by atoms with van der Waals surface area (Å²) >= 11 is 5.64. The standard InChI is InChI=1S/C8H10ClN3O/c1-5(8(10)13)11-7-4-2-3-6(9)12-7/h2-5H,1H3,(H2,10,13)(H,11,12). The number of aromatic nitrogens is 1. The molecule has 0 spiro atoms. The van der Waals surface area contributed by atoms with Crippen LogP contribution >= 0.6 is 11.6 Å². The number of amides is 1. The summed E-state index contributed by atoms with van der Waals surface area (Å²) in [5.41, 5.74) is 5.06. The Morgan fingerprint density at radius 3 is 2.92 bits per heavy atom. The van der Waals surface area contributed by atoms with Gasteiger partial charge < -0.3 is 11.1 Å². The molecule has 4 nitrogen and oxygen atoms in total. The van der Waals surface area contributed by atoms with Crippen LogP contribution in [0.2, 0.25) is 5.15 Å². The Morgan fingerprint density at radius 2 is 2.38 bits per heavy atom. The molecule has 0 aromatic carbocycles. The Bertz CT molecular complexity index is 316. The molecule has 0 aliphatic heterocycles. The van der Waals surface area contributed by atoms with Crippen molar-refractivity contribution in [1.82, 2.24) is 4.98 Å². The summed E-state index contributed by atoms with van der Waals surface area (Å²) < 4.78 is 0. The van der Waals surface area contributed by atoms with Gasteiger partial charge >= 0.3 is 0 Å². The fraction of sp³-hybridized carbons (Fsp3) is 0.250. The fourth-order valence-electron chi connectivity index (χ4n) is 0.782. The van der Waals surface area contributed by atoms with Crippen LogP contribution in [0.25, 0.3) is 0 Å². The minimum atomic E-state index is -0.453. The van der Waals surface area contributed by atoms with E-state index in [1.807, 2.05) is 0 Å². The third kappa shape index (κ3) is 2.91. The predicted octanol–water partition coefficient (Wildman–Crippen LogP) is 1.02. The summed E-state index contributed by atoms with van der Waals surface area (Å²) in [5, 5.41) is 3.19. The molecule has 13 heavy (non-hydrogen) atoms. The molecule has 1 amide bonds. The van der Waals surface area contributed by atoms with E-state index in [9.17, 15) is 4.79 Å². The Labute approximate surface area is 81.1 Å². The average molecular weight is 200 g/mol. The molecule has 1 aromatic rings. The van der Waals surface area contributed by atoms with Crippen LogP contribution in [0.4, 0.5) is 5.82 Å². The monoisotopic (exact) mass is 199 g/mol. The summed E-state index contributed by atoms with van der Waals surface area (Å²) in [7, 11) is 0. The first-order valence-electron chi connectivity index (χ1n) is 3.78. The number of nitrogens with two attached hydrogens (primary N) is 1. The first kappa shape index (κ1) is 9.80. The zero-order valence-corrected chi connectivity index (χ0v) is 7.88. The van der Waals surface area contributed by atoms with Crippen molar-refractivity contribution in [3.05, 3.63) is 23.4 Å². The quantitative estimate of drug-likeness (QED) is 0.715. The summed E-state index contributed by atoms with van der Waals surface area (Å²) in [6.45, 7) is 1.66. The molecule has 0 bridgehead atoms. The molecule has 0 aliphatic rings. The third-order valence-electron chi connectivity index (χ3n) is 1.51. The third-order valence-corrected chi connectivity index (χ3v) is 1.72. The molecule has 0 fully saturated rings. The maximum atomic E-state index is 10.7. The summed E-state index contributed by atoms with van der Waals surface area (Å²) in [5.74, 6) is 0.112. The van der Waals surface area contributed by atoms with Crippen molar-refractivity contribution in [2.24, 2.45) is 5.73 Å². The lowest BCUT2D eigenvalue weighted by Gasteiger charge is -2.10. The molecular weight excluding hydrogens is 190 g/mol. The lowest BCUT2D eigenvalue weighted by Crippen LogP contribution is -2.32. The van der Waals surface area contributed by atoms with Gasteiger partial charge in [0, 0.05) is 0 Å². The van der Waals surface area contributed by atoms with Crippen molar-refractivity contribution in [1.29, 1.82) is 0 Å². The van der Waals surface area contributed by atoms with E-state index in [4.69, 9.17) is 17.3 Å². The first-order valence-corrected chi connectivity index (χ1v) is 4.16. The lowest BCUT2D eigenvalue weighted by molar-refractivity contribution is -0.118. The van der Waals surface area contributed by atoms with Crippen LogP contribution in [0, 0.1) is 0 Å². The van der Waals surface area contributed by atoms with Crippen LogP contribution in [-0.4, -0.2) is 16.9 Å². The number of hydrogen-bond donors (Lipinski definition) is 2. The number of carbonyl (C=O) groups excluding carboxylic acids is 1. The zero-order valence-electron chi connectivity index (χ0n) is 7.12. The van der Waals surface area contributed by atoms with E-state index in [1.165, 1.54) is 0 Å². The molecule has 0 aliphatic carbocycles. The number of rotatable bonds is 3. The smallest absolute Gasteiger partial charge is 0.239 e. The molecule has 0 saturated heterocycles. The van der Waals surface area contributed by atoms with Gasteiger partial charge in [-0.15, -0.1) is 0 Å². The van der Waals surface area contributed by atoms with Crippen LogP contribution in [0.3, 0.4) is 0 Å². The number of carbonyl (C=O) groups is 1. The number of hydrogen-bond acceptors (Lipinski definition) is 3. The Morgan fingerprint density at radius 1 is 1.69 bits per heavy atom. The number of primary amides is 1. The Hall–Kier alpha value is -1.29.